The van der Waals surface area contributed by atoms with Crippen molar-refractivity contribution in [1.29, 1.82) is 0 Å². The SMILES string of the molecule is Cc1cc(-c2ccc3oc4ccccc4c3c2)cc(-c2ccc3oc4ccccc4c3c2)c1. The molecule has 0 N–H and O–H groups in total. The molecule has 7 rings (SSSR count). The van der Waals surface area contributed by atoms with Crippen LogP contribution in [0.2, 0.25) is 0 Å². The van der Waals surface area contributed by atoms with E-state index in [1.165, 1.54) is 27.8 Å². The van der Waals surface area contributed by atoms with Crippen molar-refractivity contribution >= 4 is 43.9 Å². The Morgan fingerprint density at radius 2 is 0.848 bits per heavy atom. The van der Waals surface area contributed by atoms with Crippen molar-refractivity contribution in [2.45, 2.75) is 6.92 Å². The highest BCUT2D eigenvalue weighted by atomic mass is 16.3. The molecule has 0 spiro atoms. The third kappa shape index (κ3) is 2.88. The molecule has 2 heteroatoms. The number of furan rings is 2. The molecule has 0 saturated heterocycles. The van der Waals surface area contributed by atoms with Gasteiger partial charge in [-0.25, -0.2) is 0 Å². The number of benzene rings is 5. The normalized spacial score (nSPS) is 11.8. The second-order valence-corrected chi connectivity index (χ2v) is 8.71. The summed E-state index contributed by atoms with van der Waals surface area (Å²) >= 11 is 0. The largest absolute Gasteiger partial charge is 0.456 e. The molecule has 0 aliphatic heterocycles. The number of hydrogen-bond acceptors (Lipinski definition) is 2. The Labute approximate surface area is 190 Å². The van der Waals surface area contributed by atoms with Crippen LogP contribution < -0.4 is 0 Å². The highest BCUT2D eigenvalue weighted by molar-refractivity contribution is 6.07. The number of rotatable bonds is 2. The zero-order valence-electron chi connectivity index (χ0n) is 18.1. The first-order valence-corrected chi connectivity index (χ1v) is 11.2. The summed E-state index contributed by atoms with van der Waals surface area (Å²) in [7, 11) is 0. The van der Waals surface area contributed by atoms with Gasteiger partial charge >= 0.3 is 0 Å². The molecule has 0 radical (unpaired) electrons. The van der Waals surface area contributed by atoms with Gasteiger partial charge < -0.3 is 8.83 Å². The fraction of sp³-hybridized carbons (Fsp3) is 0.0323. The van der Waals surface area contributed by atoms with E-state index in [1.807, 2.05) is 24.3 Å². The maximum absolute atomic E-state index is 6.02. The molecule has 2 aromatic heterocycles. The van der Waals surface area contributed by atoms with Crippen LogP contribution in [0, 0.1) is 6.92 Å². The van der Waals surface area contributed by atoms with Gasteiger partial charge in [0.1, 0.15) is 22.3 Å². The number of para-hydroxylation sites is 2. The first kappa shape index (κ1) is 18.3. The summed E-state index contributed by atoms with van der Waals surface area (Å²) in [6.07, 6.45) is 0. The first-order chi connectivity index (χ1) is 16.2. The zero-order valence-corrected chi connectivity index (χ0v) is 18.1. The second kappa shape index (κ2) is 6.85. The van der Waals surface area contributed by atoms with E-state index in [0.717, 1.165) is 43.9 Å². The van der Waals surface area contributed by atoms with Crippen LogP contribution in [-0.2, 0) is 0 Å². The van der Waals surface area contributed by atoms with Crippen molar-refractivity contribution in [2.24, 2.45) is 0 Å². The van der Waals surface area contributed by atoms with Gasteiger partial charge in [-0.3, -0.25) is 0 Å². The van der Waals surface area contributed by atoms with Gasteiger partial charge in [-0.2, -0.15) is 0 Å². The predicted octanol–water partition coefficient (Wildman–Crippen LogP) is 9.13. The Balaban J connectivity index is 1.39. The van der Waals surface area contributed by atoms with Crippen molar-refractivity contribution in [1.82, 2.24) is 0 Å². The van der Waals surface area contributed by atoms with Gasteiger partial charge in [0.05, 0.1) is 0 Å². The second-order valence-electron chi connectivity index (χ2n) is 8.71. The molecule has 0 unspecified atom stereocenters. The Morgan fingerprint density at radius 1 is 0.394 bits per heavy atom. The minimum absolute atomic E-state index is 0.921. The molecule has 33 heavy (non-hydrogen) atoms. The lowest BCUT2D eigenvalue weighted by atomic mass is 9.95. The molecule has 0 amide bonds. The average Bonchev–Trinajstić information content (AvgIpc) is 3.41. The molecule has 2 nitrogen and oxygen atoms in total. The van der Waals surface area contributed by atoms with Gasteiger partial charge in [-0.05, 0) is 77.2 Å². The van der Waals surface area contributed by atoms with Crippen molar-refractivity contribution in [3.63, 3.8) is 0 Å². The zero-order chi connectivity index (χ0) is 21.9. The average molecular weight is 424 g/mol. The lowest BCUT2D eigenvalue weighted by Gasteiger charge is -2.09. The molecule has 0 fully saturated rings. The quantitative estimate of drug-likeness (QED) is 0.276. The Hall–Kier alpha value is -4.30. The molecule has 0 aliphatic carbocycles. The Morgan fingerprint density at radius 3 is 1.36 bits per heavy atom. The van der Waals surface area contributed by atoms with Crippen LogP contribution in [0.5, 0.6) is 0 Å². The monoisotopic (exact) mass is 424 g/mol. The molecular formula is C31H20O2. The summed E-state index contributed by atoms with van der Waals surface area (Å²) in [6.45, 7) is 2.16. The van der Waals surface area contributed by atoms with Gasteiger partial charge in [0.25, 0.3) is 0 Å². The van der Waals surface area contributed by atoms with E-state index in [9.17, 15) is 0 Å². The van der Waals surface area contributed by atoms with Crippen molar-refractivity contribution in [3.05, 3.63) is 109 Å². The summed E-state index contributed by atoms with van der Waals surface area (Å²) < 4.78 is 12.0. The van der Waals surface area contributed by atoms with Crippen molar-refractivity contribution in [3.8, 4) is 22.3 Å². The van der Waals surface area contributed by atoms with E-state index < -0.39 is 0 Å². The third-order valence-electron chi connectivity index (χ3n) is 6.50. The molecular weight excluding hydrogens is 404 g/mol. The topological polar surface area (TPSA) is 26.3 Å². The van der Waals surface area contributed by atoms with E-state index in [4.69, 9.17) is 8.83 Å². The maximum Gasteiger partial charge on any atom is 0.135 e. The lowest BCUT2D eigenvalue weighted by molar-refractivity contribution is 0.668. The summed E-state index contributed by atoms with van der Waals surface area (Å²) in [6, 6.07) is 36.2. The van der Waals surface area contributed by atoms with Gasteiger partial charge in [0, 0.05) is 21.5 Å². The van der Waals surface area contributed by atoms with E-state index >= 15 is 0 Å². The molecule has 2 heterocycles. The van der Waals surface area contributed by atoms with Crippen LogP contribution in [0.15, 0.2) is 112 Å². The third-order valence-corrected chi connectivity index (χ3v) is 6.50. The molecule has 5 aromatic carbocycles. The standard InChI is InChI=1S/C31H20O2/c1-19-14-22(20-10-12-30-26(17-20)24-6-2-4-8-28(24)32-30)16-23(15-19)21-11-13-31-27(18-21)25-7-3-5-9-29(25)33-31/h2-18H,1H3. The smallest absolute Gasteiger partial charge is 0.135 e. The van der Waals surface area contributed by atoms with Crippen LogP contribution in [0.1, 0.15) is 5.56 Å². The first-order valence-electron chi connectivity index (χ1n) is 11.2. The number of hydrogen-bond donors (Lipinski definition) is 0. The van der Waals surface area contributed by atoms with E-state index in [1.54, 1.807) is 0 Å². The number of aryl methyl sites for hydroxylation is 1. The van der Waals surface area contributed by atoms with Crippen LogP contribution in [-0.4, -0.2) is 0 Å². The summed E-state index contributed by atoms with van der Waals surface area (Å²) in [5, 5.41) is 4.61. The summed E-state index contributed by atoms with van der Waals surface area (Å²) in [5.41, 5.74) is 9.71. The van der Waals surface area contributed by atoms with Crippen LogP contribution in [0.4, 0.5) is 0 Å². The van der Waals surface area contributed by atoms with Gasteiger partial charge in [-0.1, -0.05) is 60.7 Å². The maximum atomic E-state index is 6.02. The molecule has 0 saturated carbocycles. The van der Waals surface area contributed by atoms with Crippen LogP contribution >= 0.6 is 0 Å². The van der Waals surface area contributed by atoms with E-state index in [2.05, 4.69) is 85.8 Å². The molecule has 0 bridgehead atoms. The minimum Gasteiger partial charge on any atom is -0.456 e. The van der Waals surface area contributed by atoms with Crippen LogP contribution in [0.3, 0.4) is 0 Å². The van der Waals surface area contributed by atoms with Crippen LogP contribution in [0.25, 0.3) is 66.1 Å². The Kier molecular flexibility index (Phi) is 3.80. The van der Waals surface area contributed by atoms with Crippen molar-refractivity contribution in [2.75, 3.05) is 0 Å². The van der Waals surface area contributed by atoms with Gasteiger partial charge in [0.15, 0.2) is 0 Å². The molecule has 0 aliphatic rings. The highest BCUT2D eigenvalue weighted by Gasteiger charge is 2.11. The van der Waals surface area contributed by atoms with E-state index in [-0.39, 0.29) is 0 Å². The van der Waals surface area contributed by atoms with Gasteiger partial charge in [-0.15, -0.1) is 0 Å². The summed E-state index contributed by atoms with van der Waals surface area (Å²) in [4.78, 5) is 0. The number of fused-ring (bicyclic) bond motifs is 6. The molecule has 156 valence electrons. The highest BCUT2D eigenvalue weighted by Crippen LogP contribution is 2.36. The Bertz CT molecular complexity index is 1700. The van der Waals surface area contributed by atoms with Gasteiger partial charge in [0.2, 0.25) is 0 Å². The molecule has 0 atom stereocenters. The molecule has 7 aromatic rings. The lowest BCUT2D eigenvalue weighted by Crippen LogP contribution is -1.85. The van der Waals surface area contributed by atoms with E-state index in [0.29, 0.717) is 0 Å². The fourth-order valence-electron chi connectivity index (χ4n) is 4.93. The summed E-state index contributed by atoms with van der Waals surface area (Å²) in [5.74, 6) is 0. The van der Waals surface area contributed by atoms with Crippen molar-refractivity contribution < 1.29 is 8.83 Å². The predicted molar refractivity (Wildman–Crippen MR) is 137 cm³/mol. The fourth-order valence-corrected chi connectivity index (χ4v) is 4.93. The minimum atomic E-state index is 0.921.